The van der Waals surface area contributed by atoms with E-state index in [1.165, 1.54) is 28.4 Å². The molecule has 1 aromatic carbocycles. The highest BCUT2D eigenvalue weighted by molar-refractivity contribution is 7.13. The van der Waals surface area contributed by atoms with E-state index >= 15 is 0 Å². The molecule has 0 spiro atoms. The Bertz CT molecular complexity index is 963. The van der Waals surface area contributed by atoms with Crippen molar-refractivity contribution < 1.29 is 9.53 Å². The summed E-state index contributed by atoms with van der Waals surface area (Å²) in [5.74, 6) is 0.525. The number of hydrogen-bond donors (Lipinski definition) is 1. The molecule has 3 aromatic rings. The van der Waals surface area contributed by atoms with Gasteiger partial charge in [0.25, 0.3) is 5.56 Å². The summed E-state index contributed by atoms with van der Waals surface area (Å²) < 4.78 is 6.43. The molecule has 0 unspecified atom stereocenters. The monoisotopic (exact) mass is 370 g/mol. The molecule has 134 valence electrons. The number of carbonyl (C=O) groups is 1. The van der Waals surface area contributed by atoms with E-state index in [1.54, 1.807) is 14.0 Å². The Morgan fingerprint density at radius 2 is 2.08 bits per heavy atom. The summed E-state index contributed by atoms with van der Waals surface area (Å²) in [6, 6.07) is 7.64. The first-order valence-electron chi connectivity index (χ1n) is 7.93. The highest BCUT2D eigenvalue weighted by Gasteiger charge is 2.09. The number of carbonyl (C=O) groups excluding carboxylic acids is 1. The predicted molar refractivity (Wildman–Crippen MR) is 99.2 cm³/mol. The number of benzene rings is 1. The number of methoxy groups -OCH3 is 1. The van der Waals surface area contributed by atoms with Crippen LogP contribution in [-0.2, 0) is 17.9 Å². The van der Waals surface area contributed by atoms with Crippen molar-refractivity contribution in [1.29, 1.82) is 0 Å². The van der Waals surface area contributed by atoms with Crippen molar-refractivity contribution in [1.82, 2.24) is 19.9 Å². The van der Waals surface area contributed by atoms with E-state index in [9.17, 15) is 9.59 Å². The number of ether oxygens (including phenoxy) is 1. The number of thiazole rings is 1. The second-order valence-electron chi connectivity index (χ2n) is 5.66. The lowest BCUT2D eigenvalue weighted by Crippen LogP contribution is -2.32. The molecule has 0 saturated heterocycles. The number of aromatic nitrogens is 3. The second-order valence-corrected chi connectivity index (χ2v) is 6.52. The summed E-state index contributed by atoms with van der Waals surface area (Å²) in [4.78, 5) is 32.4. The minimum atomic E-state index is -0.265. The zero-order valence-corrected chi connectivity index (χ0v) is 15.2. The predicted octanol–water partition coefficient (Wildman–Crippen LogP) is 2.00. The van der Waals surface area contributed by atoms with Crippen LogP contribution in [0.1, 0.15) is 11.3 Å². The van der Waals surface area contributed by atoms with E-state index in [0.29, 0.717) is 12.1 Å². The fraction of sp³-hybridized carbons (Fsp3) is 0.222. The average molecular weight is 370 g/mol. The van der Waals surface area contributed by atoms with Gasteiger partial charge in [-0.1, -0.05) is 0 Å². The van der Waals surface area contributed by atoms with Crippen LogP contribution < -0.4 is 15.6 Å². The molecular formula is C18H18N4O3S. The van der Waals surface area contributed by atoms with Gasteiger partial charge >= 0.3 is 0 Å². The van der Waals surface area contributed by atoms with Crippen molar-refractivity contribution in [3.8, 4) is 16.3 Å². The third kappa shape index (κ3) is 4.15. The lowest BCUT2D eigenvalue weighted by Gasteiger charge is -2.06. The van der Waals surface area contributed by atoms with E-state index in [1.807, 2.05) is 29.6 Å². The molecular weight excluding hydrogens is 352 g/mol. The van der Waals surface area contributed by atoms with Crippen molar-refractivity contribution in [2.45, 2.75) is 20.0 Å². The van der Waals surface area contributed by atoms with Crippen LogP contribution in [0.25, 0.3) is 10.6 Å². The first-order valence-corrected chi connectivity index (χ1v) is 8.81. The van der Waals surface area contributed by atoms with Gasteiger partial charge in [0.1, 0.15) is 17.3 Å². The van der Waals surface area contributed by atoms with Gasteiger partial charge in [-0.05, 0) is 31.2 Å². The van der Waals surface area contributed by atoms with Crippen molar-refractivity contribution in [3.63, 3.8) is 0 Å². The second kappa shape index (κ2) is 7.92. The third-order valence-corrected chi connectivity index (χ3v) is 4.68. The van der Waals surface area contributed by atoms with Gasteiger partial charge in [-0.15, -0.1) is 11.3 Å². The third-order valence-electron chi connectivity index (χ3n) is 3.74. The Kier molecular flexibility index (Phi) is 5.43. The summed E-state index contributed by atoms with van der Waals surface area (Å²) in [7, 11) is 1.63. The van der Waals surface area contributed by atoms with Crippen LogP contribution in [0.4, 0.5) is 0 Å². The summed E-state index contributed by atoms with van der Waals surface area (Å²) in [5, 5.41) is 5.55. The number of nitrogens with zero attached hydrogens (tertiary/aromatic N) is 3. The van der Waals surface area contributed by atoms with E-state index in [4.69, 9.17) is 4.74 Å². The zero-order chi connectivity index (χ0) is 18.5. The molecule has 8 heteroatoms. The van der Waals surface area contributed by atoms with Gasteiger partial charge in [-0.2, -0.15) is 0 Å². The molecule has 0 bridgehead atoms. The van der Waals surface area contributed by atoms with Crippen LogP contribution in [0.15, 0.2) is 47.0 Å². The Labute approximate surface area is 154 Å². The average Bonchev–Trinajstić information content (AvgIpc) is 3.13. The van der Waals surface area contributed by atoms with Crippen molar-refractivity contribution in [3.05, 3.63) is 63.8 Å². The molecule has 0 aliphatic rings. The quantitative estimate of drug-likeness (QED) is 0.717. The smallest absolute Gasteiger partial charge is 0.256 e. The van der Waals surface area contributed by atoms with E-state index < -0.39 is 0 Å². The van der Waals surface area contributed by atoms with Gasteiger partial charge in [-0.25, -0.2) is 9.97 Å². The molecule has 0 fully saturated rings. The van der Waals surface area contributed by atoms with Crippen LogP contribution in [-0.4, -0.2) is 27.6 Å². The van der Waals surface area contributed by atoms with Crippen molar-refractivity contribution in [2.24, 2.45) is 0 Å². The lowest BCUT2D eigenvalue weighted by atomic mass is 10.2. The number of rotatable bonds is 6. The minimum Gasteiger partial charge on any atom is -0.497 e. The first-order chi connectivity index (χ1) is 12.6. The Morgan fingerprint density at radius 1 is 1.31 bits per heavy atom. The summed E-state index contributed by atoms with van der Waals surface area (Å²) >= 11 is 1.51. The van der Waals surface area contributed by atoms with Gasteiger partial charge in [0.15, 0.2) is 0 Å². The van der Waals surface area contributed by atoms with Crippen molar-refractivity contribution >= 4 is 17.2 Å². The largest absolute Gasteiger partial charge is 0.497 e. The van der Waals surface area contributed by atoms with Gasteiger partial charge in [0.2, 0.25) is 5.91 Å². The highest BCUT2D eigenvalue weighted by Crippen LogP contribution is 2.25. The fourth-order valence-corrected chi connectivity index (χ4v) is 3.15. The minimum absolute atomic E-state index is 0.0665. The molecule has 2 heterocycles. The van der Waals surface area contributed by atoms with Crippen molar-refractivity contribution in [2.75, 3.05) is 7.11 Å². The zero-order valence-electron chi connectivity index (χ0n) is 14.4. The van der Waals surface area contributed by atoms with E-state index in [-0.39, 0.29) is 18.0 Å². The normalized spacial score (nSPS) is 10.5. The number of nitrogens with one attached hydrogen (secondary N) is 1. The van der Waals surface area contributed by atoms with Crippen LogP contribution in [0.3, 0.4) is 0 Å². The highest BCUT2D eigenvalue weighted by atomic mass is 32.1. The van der Waals surface area contributed by atoms with E-state index in [2.05, 4.69) is 15.3 Å². The number of aryl methyl sites for hydroxylation is 1. The fourth-order valence-electron chi connectivity index (χ4n) is 2.33. The lowest BCUT2D eigenvalue weighted by molar-refractivity contribution is -0.121. The first kappa shape index (κ1) is 17.8. The molecule has 0 saturated carbocycles. The molecule has 26 heavy (non-hydrogen) atoms. The maximum atomic E-state index is 12.1. The summed E-state index contributed by atoms with van der Waals surface area (Å²) in [6.07, 6.45) is 2.84. The molecule has 2 aromatic heterocycles. The standard InChI is InChI=1S/C18H18N4O3S/c1-12-7-19-11-22(18(12)24)9-16(23)20-8-14-10-26-17(21-14)13-3-5-15(25-2)6-4-13/h3-7,10-11H,8-9H2,1-2H3,(H,20,23). The number of hydrogen-bond acceptors (Lipinski definition) is 6. The molecule has 7 nitrogen and oxygen atoms in total. The molecule has 0 atom stereocenters. The van der Waals surface area contributed by atoms with E-state index in [0.717, 1.165) is 22.0 Å². The Balaban J connectivity index is 1.59. The molecule has 0 radical (unpaired) electrons. The maximum absolute atomic E-state index is 12.1. The van der Waals surface area contributed by atoms with Gasteiger partial charge in [-0.3, -0.25) is 14.2 Å². The van der Waals surface area contributed by atoms with Gasteiger partial charge in [0, 0.05) is 22.7 Å². The van der Waals surface area contributed by atoms with Crippen LogP contribution in [0, 0.1) is 6.92 Å². The number of amides is 1. The molecule has 0 aliphatic heterocycles. The Hall–Kier alpha value is -3.00. The summed E-state index contributed by atoms with van der Waals surface area (Å²) in [6.45, 7) is 1.90. The van der Waals surface area contributed by atoms with Gasteiger partial charge in [0.05, 0.1) is 25.7 Å². The Morgan fingerprint density at radius 3 is 2.81 bits per heavy atom. The van der Waals surface area contributed by atoms with Crippen LogP contribution >= 0.6 is 11.3 Å². The molecule has 1 amide bonds. The molecule has 1 N–H and O–H groups in total. The molecule has 0 aliphatic carbocycles. The molecule has 3 rings (SSSR count). The topological polar surface area (TPSA) is 86.1 Å². The van der Waals surface area contributed by atoms with Crippen LogP contribution in [0.5, 0.6) is 5.75 Å². The SMILES string of the molecule is COc1ccc(-c2nc(CNC(=O)Cn3cncc(C)c3=O)cs2)cc1. The van der Waals surface area contributed by atoms with Crippen LogP contribution in [0.2, 0.25) is 0 Å². The summed E-state index contributed by atoms with van der Waals surface area (Å²) in [5.41, 5.74) is 2.05. The maximum Gasteiger partial charge on any atom is 0.256 e. The van der Waals surface area contributed by atoms with Gasteiger partial charge < -0.3 is 10.1 Å².